The van der Waals surface area contributed by atoms with E-state index in [-0.39, 0.29) is 30.3 Å². The molecule has 11 heteroatoms. The molecule has 3 aromatic carbocycles. The molecule has 5 rings (SSSR count). The number of ether oxygens (including phenoxy) is 1. The molecule has 274 valence electrons. The van der Waals surface area contributed by atoms with Crippen LogP contribution >= 0.6 is 11.6 Å². The Kier molecular flexibility index (Phi) is 12.6. The molecule has 4 unspecified atom stereocenters. The number of halogens is 1. The van der Waals surface area contributed by atoms with Crippen LogP contribution in [0.1, 0.15) is 58.1 Å². The Bertz CT molecular complexity index is 1690. The van der Waals surface area contributed by atoms with Crippen molar-refractivity contribution in [2.75, 3.05) is 39.8 Å². The number of carbonyl (C=O) groups is 4. The van der Waals surface area contributed by atoms with Gasteiger partial charge in [0.15, 0.2) is 0 Å². The second-order valence-electron chi connectivity index (χ2n) is 14.8. The van der Waals surface area contributed by atoms with Crippen LogP contribution in [0.2, 0.25) is 5.02 Å². The molecule has 0 saturated carbocycles. The van der Waals surface area contributed by atoms with Gasteiger partial charge in [0, 0.05) is 57.3 Å². The van der Waals surface area contributed by atoms with Crippen LogP contribution in [0.5, 0.6) is 0 Å². The molecule has 0 spiro atoms. The van der Waals surface area contributed by atoms with Crippen molar-refractivity contribution in [3.8, 4) is 0 Å². The normalized spacial score (nSPS) is 19.6. The first kappa shape index (κ1) is 38.1. The maximum Gasteiger partial charge on any atom is 0.410 e. The number of carbonyl (C=O) groups excluding carboxylic acids is 4. The highest BCUT2D eigenvalue weighted by molar-refractivity contribution is 6.30. The van der Waals surface area contributed by atoms with Gasteiger partial charge in [-0.2, -0.15) is 0 Å². The van der Waals surface area contributed by atoms with Gasteiger partial charge < -0.3 is 25.2 Å². The summed E-state index contributed by atoms with van der Waals surface area (Å²) in [5.41, 5.74) is 1.31. The summed E-state index contributed by atoms with van der Waals surface area (Å²) in [4.78, 5) is 60.1. The summed E-state index contributed by atoms with van der Waals surface area (Å²) in [6.07, 6.45) is 2.37. The number of hydrogen-bond donors (Lipinski definition) is 2. The van der Waals surface area contributed by atoms with Crippen molar-refractivity contribution < 1.29 is 23.9 Å². The summed E-state index contributed by atoms with van der Waals surface area (Å²) in [6, 6.07) is 20.4. The number of amides is 4. The highest BCUT2D eigenvalue weighted by Gasteiger charge is 2.39. The summed E-state index contributed by atoms with van der Waals surface area (Å²) in [6.45, 7) is 9.73. The predicted octanol–water partition coefficient (Wildman–Crippen LogP) is 5.45. The molecule has 10 nitrogen and oxygen atoms in total. The monoisotopic (exact) mass is 717 g/mol. The molecule has 0 bridgehead atoms. The average Bonchev–Trinajstić information content (AvgIpc) is 3.12. The smallest absolute Gasteiger partial charge is 0.410 e. The Hall–Kier alpha value is -4.15. The first-order valence-electron chi connectivity index (χ1n) is 18.1. The molecule has 0 aromatic heterocycles. The quantitative estimate of drug-likeness (QED) is 0.289. The molecule has 3 aromatic rings. The van der Waals surface area contributed by atoms with E-state index >= 15 is 0 Å². The zero-order valence-corrected chi connectivity index (χ0v) is 31.2. The number of piperazine rings is 1. The second-order valence-corrected chi connectivity index (χ2v) is 15.2. The molecule has 2 aliphatic heterocycles. The number of hydrogen-bond acceptors (Lipinski definition) is 6. The summed E-state index contributed by atoms with van der Waals surface area (Å²) >= 11 is 6.16. The van der Waals surface area contributed by atoms with Crippen molar-refractivity contribution in [3.05, 3.63) is 82.9 Å². The van der Waals surface area contributed by atoms with Gasteiger partial charge in [-0.15, -0.1) is 0 Å². The zero-order valence-electron chi connectivity index (χ0n) is 30.5. The highest BCUT2D eigenvalue weighted by atomic mass is 35.5. The van der Waals surface area contributed by atoms with Crippen molar-refractivity contribution in [1.29, 1.82) is 0 Å². The van der Waals surface area contributed by atoms with Crippen LogP contribution < -0.4 is 10.6 Å². The largest absolute Gasteiger partial charge is 0.444 e. The number of rotatable bonds is 10. The van der Waals surface area contributed by atoms with Gasteiger partial charge in [0.2, 0.25) is 17.7 Å². The van der Waals surface area contributed by atoms with Crippen LogP contribution in [0.25, 0.3) is 10.8 Å². The summed E-state index contributed by atoms with van der Waals surface area (Å²) < 4.78 is 5.57. The van der Waals surface area contributed by atoms with Crippen molar-refractivity contribution in [2.24, 2.45) is 5.92 Å². The summed E-state index contributed by atoms with van der Waals surface area (Å²) in [5, 5.41) is 8.82. The Morgan fingerprint density at radius 2 is 1.61 bits per heavy atom. The lowest BCUT2D eigenvalue weighted by Crippen LogP contribution is -2.63. The number of fused-ring (bicyclic) bond motifs is 1. The minimum Gasteiger partial charge on any atom is -0.444 e. The Morgan fingerprint density at radius 3 is 2.29 bits per heavy atom. The number of piperidine rings is 1. The van der Waals surface area contributed by atoms with Gasteiger partial charge in [0.1, 0.15) is 11.6 Å². The standard InChI is InChI=1S/C40H52ClN5O5/c1-6-33-26-44(35(37(48)42-5)24-28-13-16-29-10-7-8-11-30(29)22-28)20-21-46(33)38(49)34(23-27-14-17-32(41)18-15-27)43-36(47)31-12-9-19-45(25-31)39(50)51-40(2,3)4/h7-8,10-11,13-18,22,31,33-35H,6,9,12,19-21,23-26H2,1-5H3,(H,42,48)(H,43,47). The second kappa shape index (κ2) is 16.9. The maximum absolute atomic E-state index is 14.5. The molecule has 0 aliphatic carbocycles. The molecular weight excluding hydrogens is 666 g/mol. The number of benzene rings is 3. The van der Waals surface area contributed by atoms with Gasteiger partial charge in [0.25, 0.3) is 0 Å². The Labute approximate surface area is 306 Å². The maximum atomic E-state index is 14.5. The number of nitrogens with one attached hydrogen (secondary N) is 2. The predicted molar refractivity (Wildman–Crippen MR) is 200 cm³/mol. The molecule has 4 atom stereocenters. The third-order valence-corrected chi connectivity index (χ3v) is 10.2. The fourth-order valence-corrected chi connectivity index (χ4v) is 7.30. The van der Waals surface area contributed by atoms with E-state index in [9.17, 15) is 19.2 Å². The first-order chi connectivity index (χ1) is 24.3. The Morgan fingerprint density at radius 1 is 0.902 bits per heavy atom. The van der Waals surface area contributed by atoms with Crippen molar-refractivity contribution in [2.45, 2.75) is 83.5 Å². The van der Waals surface area contributed by atoms with Crippen LogP contribution in [-0.4, -0.2) is 102 Å². The lowest BCUT2D eigenvalue weighted by Gasteiger charge is -2.45. The topological polar surface area (TPSA) is 111 Å². The molecule has 0 radical (unpaired) electrons. The molecule has 2 aliphatic rings. The molecule has 2 fully saturated rings. The first-order valence-corrected chi connectivity index (χ1v) is 18.5. The highest BCUT2D eigenvalue weighted by Crippen LogP contribution is 2.24. The molecule has 2 heterocycles. The van der Waals surface area contributed by atoms with Gasteiger partial charge in [0.05, 0.1) is 12.0 Å². The zero-order chi connectivity index (χ0) is 36.7. The molecule has 51 heavy (non-hydrogen) atoms. The lowest BCUT2D eigenvalue weighted by molar-refractivity contribution is -0.143. The van der Waals surface area contributed by atoms with E-state index in [4.69, 9.17) is 16.3 Å². The van der Waals surface area contributed by atoms with Gasteiger partial charge >= 0.3 is 6.09 Å². The summed E-state index contributed by atoms with van der Waals surface area (Å²) in [7, 11) is 1.66. The van der Waals surface area contributed by atoms with E-state index < -0.39 is 29.7 Å². The molecule has 4 amide bonds. The molecular formula is C40H52ClN5O5. The Balaban J connectivity index is 1.31. The SMILES string of the molecule is CCC1CN(C(Cc2ccc3ccccc3c2)C(=O)NC)CCN1C(=O)C(Cc1ccc(Cl)cc1)NC(=O)C1CCCN(C(=O)OC(C)(C)C)C1. The number of likely N-dealkylation sites (tertiary alicyclic amines) is 1. The van der Waals surface area contributed by atoms with Crippen LogP contribution in [0.15, 0.2) is 66.7 Å². The van der Waals surface area contributed by atoms with Crippen LogP contribution in [0, 0.1) is 5.92 Å². The van der Waals surface area contributed by atoms with Gasteiger partial charge in [-0.05, 0) is 80.5 Å². The van der Waals surface area contributed by atoms with E-state index in [0.717, 1.165) is 21.9 Å². The van der Waals surface area contributed by atoms with Crippen molar-refractivity contribution >= 4 is 46.2 Å². The van der Waals surface area contributed by atoms with Crippen molar-refractivity contribution in [3.63, 3.8) is 0 Å². The van der Waals surface area contributed by atoms with Gasteiger partial charge in [-0.3, -0.25) is 19.3 Å². The van der Waals surface area contributed by atoms with Crippen LogP contribution in [-0.2, 0) is 32.0 Å². The third kappa shape index (κ3) is 10.0. The number of likely N-dealkylation sites (N-methyl/N-ethyl adjacent to an activating group) is 1. The van der Waals surface area contributed by atoms with E-state index in [0.29, 0.717) is 63.3 Å². The van der Waals surface area contributed by atoms with Gasteiger partial charge in [-0.1, -0.05) is 73.1 Å². The van der Waals surface area contributed by atoms with Crippen LogP contribution in [0.3, 0.4) is 0 Å². The van der Waals surface area contributed by atoms with Gasteiger partial charge in [-0.25, -0.2) is 4.79 Å². The van der Waals surface area contributed by atoms with Crippen LogP contribution in [0.4, 0.5) is 4.79 Å². The summed E-state index contributed by atoms with van der Waals surface area (Å²) in [5.74, 6) is -0.930. The molecule has 2 N–H and O–H groups in total. The third-order valence-electron chi connectivity index (χ3n) is 9.91. The van der Waals surface area contributed by atoms with Crippen molar-refractivity contribution in [1.82, 2.24) is 25.3 Å². The van der Waals surface area contributed by atoms with E-state index in [1.54, 1.807) is 24.1 Å². The fourth-order valence-electron chi connectivity index (χ4n) is 7.17. The van der Waals surface area contributed by atoms with E-state index in [1.807, 2.05) is 56.9 Å². The van der Waals surface area contributed by atoms with E-state index in [2.05, 4.69) is 45.9 Å². The molecule has 2 saturated heterocycles. The number of nitrogens with zero attached hydrogens (tertiary/aromatic N) is 3. The average molecular weight is 718 g/mol. The van der Waals surface area contributed by atoms with E-state index in [1.165, 1.54) is 0 Å². The minimum atomic E-state index is -0.816. The lowest BCUT2D eigenvalue weighted by atomic mass is 9.95. The fraction of sp³-hybridized carbons (Fsp3) is 0.500. The minimum absolute atomic E-state index is 0.0569.